The zero-order chi connectivity index (χ0) is 15.8. The van der Waals surface area contributed by atoms with Crippen LogP contribution in [0, 0.1) is 6.92 Å². The average Bonchev–Trinajstić information content (AvgIpc) is 2.55. The second-order valence-corrected chi connectivity index (χ2v) is 5.88. The Morgan fingerprint density at radius 1 is 1.26 bits per heavy atom. The molecule has 5 heteroatoms. The van der Waals surface area contributed by atoms with E-state index in [1.165, 1.54) is 11.0 Å². The quantitative estimate of drug-likeness (QED) is 0.728. The van der Waals surface area contributed by atoms with Crippen LogP contribution in [0.3, 0.4) is 0 Å². The van der Waals surface area contributed by atoms with Crippen LogP contribution in [0.1, 0.15) is 16.8 Å². The minimum Gasteiger partial charge on any atom is -0.445 e. The Labute approximate surface area is 133 Å². The number of nitrogens with zero attached hydrogens (tertiary/aromatic N) is 1. The number of aromatic nitrogens is 1. The highest BCUT2D eigenvalue weighted by molar-refractivity contribution is 5.84. The van der Waals surface area contributed by atoms with Crippen molar-refractivity contribution in [2.24, 2.45) is 0 Å². The largest absolute Gasteiger partial charge is 0.445 e. The average molecular weight is 309 g/mol. The maximum absolute atomic E-state index is 11.7. The van der Waals surface area contributed by atoms with Crippen LogP contribution in [0.2, 0.25) is 0 Å². The van der Waals surface area contributed by atoms with E-state index in [0.29, 0.717) is 12.3 Å². The lowest BCUT2D eigenvalue weighted by atomic mass is 10.0. The Morgan fingerprint density at radius 2 is 2.17 bits per heavy atom. The third-order valence-corrected chi connectivity index (χ3v) is 4.20. The summed E-state index contributed by atoms with van der Waals surface area (Å²) in [5.41, 5.74) is 3.23. The second kappa shape index (κ2) is 5.52. The molecule has 0 spiro atoms. The van der Waals surface area contributed by atoms with Crippen molar-refractivity contribution < 1.29 is 14.1 Å². The van der Waals surface area contributed by atoms with Crippen molar-refractivity contribution >= 4 is 11.0 Å². The molecule has 0 saturated carbocycles. The highest BCUT2D eigenvalue weighted by atomic mass is 16.5. The highest BCUT2D eigenvalue weighted by Gasteiger charge is 2.25. The van der Waals surface area contributed by atoms with Crippen LogP contribution in [0.5, 0.6) is 5.75 Å². The van der Waals surface area contributed by atoms with Crippen LogP contribution in [-0.2, 0) is 13.1 Å². The topological polar surface area (TPSA) is 56.8 Å². The maximum atomic E-state index is 11.7. The first-order chi connectivity index (χ1) is 11.2. The molecule has 1 N–H and O–H groups in total. The number of hydrogen-bond acceptors (Lipinski definition) is 4. The van der Waals surface area contributed by atoms with E-state index in [0.717, 1.165) is 41.0 Å². The fourth-order valence-corrected chi connectivity index (χ4v) is 3.08. The van der Waals surface area contributed by atoms with Gasteiger partial charge in [0.05, 0.1) is 11.3 Å². The summed E-state index contributed by atoms with van der Waals surface area (Å²) >= 11 is 0. The Kier molecular flexibility index (Phi) is 3.35. The molecule has 5 nitrogen and oxygen atoms in total. The van der Waals surface area contributed by atoms with Crippen LogP contribution in [-0.4, -0.2) is 11.7 Å². The van der Waals surface area contributed by atoms with Gasteiger partial charge in [-0.3, -0.25) is 9.88 Å². The van der Waals surface area contributed by atoms with E-state index in [1.54, 1.807) is 6.20 Å². The maximum Gasteiger partial charge on any atom is 0.336 e. The summed E-state index contributed by atoms with van der Waals surface area (Å²) in [6.45, 7) is 4.02. The number of ether oxygens (including phenoxy) is 1. The first kappa shape index (κ1) is 14.0. The van der Waals surface area contributed by atoms with Gasteiger partial charge in [-0.25, -0.2) is 4.79 Å². The van der Waals surface area contributed by atoms with Gasteiger partial charge in [-0.1, -0.05) is 6.07 Å². The summed E-state index contributed by atoms with van der Waals surface area (Å²) in [7, 11) is 0. The molecule has 1 aromatic carbocycles. The summed E-state index contributed by atoms with van der Waals surface area (Å²) in [4.78, 5) is 17.3. The fraction of sp³-hybridized carbons (Fsp3) is 0.222. The zero-order valence-corrected chi connectivity index (χ0v) is 12.8. The Morgan fingerprint density at radius 3 is 3.00 bits per heavy atom. The van der Waals surface area contributed by atoms with Crippen molar-refractivity contribution in [2.45, 2.75) is 20.0 Å². The predicted octanol–water partition coefficient (Wildman–Crippen LogP) is 1.43. The standard InChI is InChI=1S/C18H16N2O3/c1-12-8-17(21)23-18-14(12)5-6-16-15(18)10-20(11-22-16)9-13-4-2-3-7-19-13/h2-8H,9-11H2,1H3/p+1. The van der Waals surface area contributed by atoms with Crippen molar-refractivity contribution in [3.8, 4) is 5.75 Å². The van der Waals surface area contributed by atoms with E-state index >= 15 is 0 Å². The monoisotopic (exact) mass is 309 g/mol. The van der Waals surface area contributed by atoms with Crippen LogP contribution in [0.15, 0.2) is 51.8 Å². The Hall–Kier alpha value is -2.66. The molecule has 0 radical (unpaired) electrons. The third-order valence-electron chi connectivity index (χ3n) is 4.20. The number of benzene rings is 1. The molecular formula is C18H17N2O3+. The minimum absolute atomic E-state index is 0.319. The van der Waals surface area contributed by atoms with Gasteiger partial charge in [0, 0.05) is 17.6 Å². The molecule has 4 rings (SSSR count). The number of quaternary nitrogens is 1. The molecule has 0 amide bonds. The van der Waals surface area contributed by atoms with Crippen LogP contribution in [0.25, 0.3) is 11.0 Å². The molecule has 116 valence electrons. The highest BCUT2D eigenvalue weighted by Crippen LogP contribution is 2.29. The molecule has 1 aliphatic heterocycles. The summed E-state index contributed by atoms with van der Waals surface area (Å²) in [6, 6.07) is 11.3. The Bertz CT molecular complexity index is 919. The molecule has 23 heavy (non-hydrogen) atoms. The van der Waals surface area contributed by atoms with E-state index in [1.807, 2.05) is 37.3 Å². The lowest BCUT2D eigenvalue weighted by Gasteiger charge is -2.26. The van der Waals surface area contributed by atoms with Crippen LogP contribution in [0.4, 0.5) is 0 Å². The third kappa shape index (κ3) is 2.59. The van der Waals surface area contributed by atoms with Crippen molar-refractivity contribution in [1.82, 2.24) is 4.98 Å². The molecule has 3 aromatic rings. The molecule has 0 bridgehead atoms. The molecule has 1 aliphatic rings. The van der Waals surface area contributed by atoms with Gasteiger partial charge in [-0.2, -0.15) is 0 Å². The normalized spacial score (nSPS) is 16.8. The van der Waals surface area contributed by atoms with E-state index in [-0.39, 0.29) is 5.63 Å². The van der Waals surface area contributed by atoms with Crippen LogP contribution >= 0.6 is 0 Å². The first-order valence-corrected chi connectivity index (χ1v) is 7.63. The van der Waals surface area contributed by atoms with Gasteiger partial charge in [0.1, 0.15) is 18.8 Å². The zero-order valence-electron chi connectivity index (χ0n) is 12.8. The predicted molar refractivity (Wildman–Crippen MR) is 85.3 cm³/mol. The summed E-state index contributed by atoms with van der Waals surface area (Å²) in [6.07, 6.45) is 1.80. The molecule has 3 heterocycles. The van der Waals surface area contributed by atoms with Gasteiger partial charge >= 0.3 is 5.63 Å². The van der Waals surface area contributed by atoms with Gasteiger partial charge in [-0.15, -0.1) is 0 Å². The van der Waals surface area contributed by atoms with Gasteiger partial charge in [0.15, 0.2) is 5.58 Å². The summed E-state index contributed by atoms with van der Waals surface area (Å²) in [5, 5.41) is 0.964. The number of rotatable bonds is 2. The molecule has 1 unspecified atom stereocenters. The molecule has 0 fully saturated rings. The van der Waals surface area contributed by atoms with E-state index < -0.39 is 0 Å². The fourth-order valence-electron chi connectivity index (χ4n) is 3.08. The van der Waals surface area contributed by atoms with Crippen molar-refractivity contribution in [3.05, 3.63) is 69.8 Å². The van der Waals surface area contributed by atoms with E-state index in [4.69, 9.17) is 9.15 Å². The second-order valence-electron chi connectivity index (χ2n) is 5.88. The molecule has 0 aliphatic carbocycles. The minimum atomic E-state index is -0.319. The molecule has 0 saturated heterocycles. The first-order valence-electron chi connectivity index (χ1n) is 7.63. The number of pyridine rings is 1. The van der Waals surface area contributed by atoms with Gasteiger partial charge in [-0.05, 0) is 36.8 Å². The molecule has 1 atom stereocenters. The summed E-state index contributed by atoms with van der Waals surface area (Å²) < 4.78 is 11.3. The number of fused-ring (bicyclic) bond motifs is 3. The van der Waals surface area contributed by atoms with E-state index in [2.05, 4.69) is 4.98 Å². The lowest BCUT2D eigenvalue weighted by molar-refractivity contribution is -0.946. The lowest BCUT2D eigenvalue weighted by Crippen LogP contribution is -3.11. The van der Waals surface area contributed by atoms with Crippen molar-refractivity contribution in [2.75, 3.05) is 6.73 Å². The SMILES string of the molecule is Cc1cc(=O)oc2c3c(ccc12)OC[NH+](Cc1ccccn1)C3. The smallest absolute Gasteiger partial charge is 0.336 e. The summed E-state index contributed by atoms with van der Waals surface area (Å²) in [5.74, 6) is 0.802. The number of hydrogen-bond donors (Lipinski definition) is 1. The molecular weight excluding hydrogens is 292 g/mol. The van der Waals surface area contributed by atoms with Crippen LogP contribution < -0.4 is 15.3 Å². The Balaban J connectivity index is 1.73. The van der Waals surface area contributed by atoms with Crippen molar-refractivity contribution in [1.29, 1.82) is 0 Å². The van der Waals surface area contributed by atoms with Crippen molar-refractivity contribution in [3.63, 3.8) is 0 Å². The van der Waals surface area contributed by atoms with Gasteiger partial charge < -0.3 is 9.15 Å². The number of aryl methyl sites for hydroxylation is 1. The van der Waals surface area contributed by atoms with E-state index in [9.17, 15) is 4.79 Å². The number of nitrogens with one attached hydrogen (secondary N) is 1. The van der Waals surface area contributed by atoms with Gasteiger partial charge in [0.25, 0.3) is 0 Å². The van der Waals surface area contributed by atoms with Gasteiger partial charge in [0.2, 0.25) is 6.73 Å². The molecule has 2 aromatic heterocycles.